The summed E-state index contributed by atoms with van der Waals surface area (Å²) in [6.07, 6.45) is 0. The highest BCUT2D eigenvalue weighted by atomic mass is 16.6. The smallest absolute Gasteiger partial charge is 0.311 e. The maximum absolute atomic E-state index is 11.0. The van der Waals surface area contributed by atoms with Crippen LogP contribution in [0.2, 0.25) is 0 Å². The lowest BCUT2D eigenvalue weighted by Gasteiger charge is -2.11. The number of hydrogen-bond donors (Lipinski definition) is 0. The van der Waals surface area contributed by atoms with Gasteiger partial charge in [-0.1, -0.05) is 18.2 Å². The number of hydrogen-bond acceptors (Lipinski definition) is 5. The van der Waals surface area contributed by atoms with E-state index in [2.05, 4.69) is 0 Å². The molecule has 6 heteroatoms. The summed E-state index contributed by atoms with van der Waals surface area (Å²) >= 11 is 0. The first-order valence-electron chi connectivity index (χ1n) is 6.75. The topological polar surface area (TPSA) is 70.8 Å². The Morgan fingerprint density at radius 1 is 1.00 bits per heavy atom. The van der Waals surface area contributed by atoms with E-state index in [-0.39, 0.29) is 24.7 Å². The number of ether oxygens (including phenoxy) is 3. The van der Waals surface area contributed by atoms with E-state index in [1.165, 1.54) is 6.07 Å². The molecule has 0 spiro atoms. The number of nitrogens with zero attached hydrogens (tertiary/aromatic N) is 1. The standard InChI is InChI=1S/C16H17NO5/c1-12-7-8-14(13(11-12)17(18)19)21-9-10-22-16-6-4-3-5-15(16)20-2/h3-8,11H,9-10H2,1-2H3. The van der Waals surface area contributed by atoms with E-state index in [4.69, 9.17) is 14.2 Å². The van der Waals surface area contributed by atoms with Gasteiger partial charge in [0.25, 0.3) is 0 Å². The number of nitro groups is 1. The molecule has 6 nitrogen and oxygen atoms in total. The molecule has 0 saturated heterocycles. The van der Waals surface area contributed by atoms with Crippen molar-refractivity contribution in [2.45, 2.75) is 6.92 Å². The summed E-state index contributed by atoms with van der Waals surface area (Å²) < 4.78 is 16.2. The van der Waals surface area contributed by atoms with Crippen LogP contribution in [-0.2, 0) is 0 Å². The molecule has 0 fully saturated rings. The first kappa shape index (κ1) is 15.6. The molecule has 2 rings (SSSR count). The van der Waals surface area contributed by atoms with Crippen LogP contribution in [0.5, 0.6) is 17.2 Å². The van der Waals surface area contributed by atoms with Crippen LogP contribution in [0, 0.1) is 17.0 Å². The van der Waals surface area contributed by atoms with E-state index in [0.29, 0.717) is 11.5 Å². The Balaban J connectivity index is 1.93. The minimum atomic E-state index is -0.455. The zero-order valence-corrected chi connectivity index (χ0v) is 12.4. The Hall–Kier alpha value is -2.76. The molecular formula is C16H17NO5. The summed E-state index contributed by atoms with van der Waals surface area (Å²) in [6.45, 7) is 2.24. The Morgan fingerprint density at radius 2 is 1.64 bits per heavy atom. The normalized spacial score (nSPS) is 10.1. The molecule has 0 aliphatic carbocycles. The first-order chi connectivity index (χ1) is 10.6. The van der Waals surface area contributed by atoms with Gasteiger partial charge < -0.3 is 14.2 Å². The maximum atomic E-state index is 11.0. The van der Waals surface area contributed by atoms with Crippen LogP contribution in [0.3, 0.4) is 0 Å². The van der Waals surface area contributed by atoms with Crippen molar-refractivity contribution in [3.05, 3.63) is 58.1 Å². The van der Waals surface area contributed by atoms with Gasteiger partial charge in [0, 0.05) is 6.07 Å². The average molecular weight is 303 g/mol. The zero-order valence-electron chi connectivity index (χ0n) is 12.4. The Kier molecular flexibility index (Phi) is 5.19. The van der Waals surface area contributed by atoms with E-state index in [9.17, 15) is 10.1 Å². The third kappa shape index (κ3) is 3.88. The minimum Gasteiger partial charge on any atom is -0.493 e. The van der Waals surface area contributed by atoms with Crippen molar-refractivity contribution in [2.24, 2.45) is 0 Å². The zero-order chi connectivity index (χ0) is 15.9. The fraction of sp³-hybridized carbons (Fsp3) is 0.250. The lowest BCUT2D eigenvalue weighted by molar-refractivity contribution is -0.385. The highest BCUT2D eigenvalue weighted by molar-refractivity contribution is 5.48. The van der Waals surface area contributed by atoms with Crippen LogP contribution in [-0.4, -0.2) is 25.2 Å². The summed E-state index contributed by atoms with van der Waals surface area (Å²) in [5.74, 6) is 1.47. The highest BCUT2D eigenvalue weighted by Gasteiger charge is 2.15. The summed E-state index contributed by atoms with van der Waals surface area (Å²) in [7, 11) is 1.56. The number of methoxy groups -OCH3 is 1. The predicted octanol–water partition coefficient (Wildman–Crippen LogP) is 3.37. The van der Waals surface area contributed by atoms with E-state index < -0.39 is 4.92 Å². The second-order valence-corrected chi connectivity index (χ2v) is 4.58. The molecule has 2 aromatic carbocycles. The van der Waals surface area contributed by atoms with Crippen molar-refractivity contribution in [2.75, 3.05) is 20.3 Å². The van der Waals surface area contributed by atoms with Gasteiger partial charge in [-0.05, 0) is 30.7 Å². The fourth-order valence-electron chi connectivity index (χ4n) is 1.93. The second-order valence-electron chi connectivity index (χ2n) is 4.58. The molecule has 0 aliphatic heterocycles. The van der Waals surface area contributed by atoms with Crippen LogP contribution >= 0.6 is 0 Å². The average Bonchev–Trinajstić information content (AvgIpc) is 2.52. The molecule has 0 aliphatic rings. The maximum Gasteiger partial charge on any atom is 0.311 e. The molecule has 2 aromatic rings. The molecule has 0 unspecified atom stereocenters. The quantitative estimate of drug-likeness (QED) is 0.445. The summed E-state index contributed by atoms with van der Waals surface area (Å²) in [5, 5.41) is 11.0. The number of para-hydroxylation sites is 2. The van der Waals surface area contributed by atoms with Gasteiger partial charge in [0.1, 0.15) is 13.2 Å². The van der Waals surface area contributed by atoms with Gasteiger partial charge in [0.05, 0.1) is 12.0 Å². The van der Waals surface area contributed by atoms with Gasteiger partial charge in [-0.3, -0.25) is 10.1 Å². The van der Waals surface area contributed by atoms with Gasteiger partial charge in [-0.25, -0.2) is 0 Å². The van der Waals surface area contributed by atoms with Gasteiger partial charge in [-0.15, -0.1) is 0 Å². The van der Waals surface area contributed by atoms with Crippen molar-refractivity contribution in [1.82, 2.24) is 0 Å². The lowest BCUT2D eigenvalue weighted by atomic mass is 10.2. The summed E-state index contributed by atoms with van der Waals surface area (Å²) in [5.41, 5.74) is 0.765. The number of aryl methyl sites for hydroxylation is 1. The monoisotopic (exact) mass is 303 g/mol. The van der Waals surface area contributed by atoms with Gasteiger partial charge in [0.15, 0.2) is 17.2 Å². The number of benzene rings is 2. The van der Waals surface area contributed by atoms with Crippen molar-refractivity contribution in [3.8, 4) is 17.2 Å². The molecule has 22 heavy (non-hydrogen) atoms. The molecule has 0 radical (unpaired) electrons. The van der Waals surface area contributed by atoms with Gasteiger partial charge in [0.2, 0.25) is 0 Å². The van der Waals surface area contributed by atoms with Crippen molar-refractivity contribution in [3.63, 3.8) is 0 Å². The second kappa shape index (κ2) is 7.31. The summed E-state index contributed by atoms with van der Waals surface area (Å²) in [4.78, 5) is 10.5. The van der Waals surface area contributed by atoms with Crippen molar-refractivity contribution in [1.29, 1.82) is 0 Å². The Bertz CT molecular complexity index is 657. The van der Waals surface area contributed by atoms with Crippen molar-refractivity contribution < 1.29 is 19.1 Å². The fourth-order valence-corrected chi connectivity index (χ4v) is 1.93. The minimum absolute atomic E-state index is 0.0442. The van der Waals surface area contributed by atoms with Crippen LogP contribution in [0.1, 0.15) is 5.56 Å². The molecule has 0 bridgehead atoms. The molecule has 0 aromatic heterocycles. The van der Waals surface area contributed by atoms with Gasteiger partial charge in [-0.2, -0.15) is 0 Å². The molecule has 0 atom stereocenters. The summed E-state index contributed by atoms with van der Waals surface area (Å²) in [6, 6.07) is 12.1. The van der Waals surface area contributed by atoms with Gasteiger partial charge >= 0.3 is 5.69 Å². The van der Waals surface area contributed by atoms with Crippen molar-refractivity contribution >= 4 is 5.69 Å². The Morgan fingerprint density at radius 3 is 2.27 bits per heavy atom. The molecule has 0 amide bonds. The number of nitro benzene ring substituents is 1. The van der Waals surface area contributed by atoms with Crippen LogP contribution in [0.25, 0.3) is 0 Å². The molecule has 116 valence electrons. The molecule has 0 saturated carbocycles. The molecule has 0 N–H and O–H groups in total. The van der Waals surface area contributed by atoms with E-state index in [0.717, 1.165) is 5.56 Å². The third-order valence-electron chi connectivity index (χ3n) is 2.98. The van der Waals surface area contributed by atoms with E-state index >= 15 is 0 Å². The molecule has 0 heterocycles. The lowest BCUT2D eigenvalue weighted by Crippen LogP contribution is -2.10. The van der Waals surface area contributed by atoms with E-state index in [1.54, 1.807) is 38.3 Å². The predicted molar refractivity (Wildman–Crippen MR) is 81.8 cm³/mol. The van der Waals surface area contributed by atoms with E-state index in [1.807, 2.05) is 12.1 Å². The highest BCUT2D eigenvalue weighted by Crippen LogP contribution is 2.28. The molecular weight excluding hydrogens is 286 g/mol. The first-order valence-corrected chi connectivity index (χ1v) is 6.75. The van der Waals surface area contributed by atoms with Crippen LogP contribution in [0.15, 0.2) is 42.5 Å². The third-order valence-corrected chi connectivity index (χ3v) is 2.98. The largest absolute Gasteiger partial charge is 0.493 e. The SMILES string of the molecule is COc1ccccc1OCCOc1ccc(C)cc1[N+](=O)[O-]. The van der Waals surface area contributed by atoms with Crippen LogP contribution in [0.4, 0.5) is 5.69 Å². The Labute approximate surface area is 128 Å². The number of rotatable bonds is 7. The van der Waals surface area contributed by atoms with Crippen LogP contribution < -0.4 is 14.2 Å².